The van der Waals surface area contributed by atoms with Crippen molar-refractivity contribution in [2.75, 3.05) is 6.61 Å². The molecule has 1 saturated heterocycles. The highest BCUT2D eigenvalue weighted by Gasteiger charge is 2.44. The van der Waals surface area contributed by atoms with Gasteiger partial charge in [-0.05, 0) is 59.4 Å². The fourth-order valence-corrected chi connectivity index (χ4v) is 4.54. The number of halogens is 1. The van der Waals surface area contributed by atoms with E-state index in [4.69, 9.17) is 16.3 Å². The van der Waals surface area contributed by atoms with Crippen LogP contribution in [0.2, 0.25) is 5.02 Å². The van der Waals surface area contributed by atoms with E-state index in [2.05, 4.69) is 31.2 Å². The minimum Gasteiger partial charge on any atom is -0.394 e. The SMILES string of the molecule is CCc1ccc(Cc2cc([C@@H]3O[C@H](CO)[C@@H](O)[C@H](O)[C@H]3O)cc(C3CC3)c2Cl)cc1. The molecule has 1 heterocycles. The summed E-state index contributed by atoms with van der Waals surface area (Å²) >= 11 is 6.77. The molecule has 0 radical (unpaired) electrons. The molecule has 2 aromatic rings. The summed E-state index contributed by atoms with van der Waals surface area (Å²) in [5, 5.41) is 41.1. The fraction of sp³-hybridized carbons (Fsp3) is 0.500. The van der Waals surface area contributed by atoms with Gasteiger partial charge in [0, 0.05) is 5.02 Å². The van der Waals surface area contributed by atoms with Crippen molar-refractivity contribution >= 4 is 11.6 Å². The van der Waals surface area contributed by atoms with Gasteiger partial charge in [0.15, 0.2) is 0 Å². The minimum atomic E-state index is -1.40. The Labute approximate surface area is 181 Å². The lowest BCUT2D eigenvalue weighted by Crippen LogP contribution is -2.55. The number of aryl methyl sites for hydroxylation is 1. The maximum atomic E-state index is 10.6. The predicted octanol–water partition coefficient (Wildman–Crippen LogP) is 2.89. The Kier molecular flexibility index (Phi) is 6.49. The second-order valence-electron chi connectivity index (χ2n) is 8.45. The maximum absolute atomic E-state index is 10.6. The number of hydrogen-bond acceptors (Lipinski definition) is 5. The van der Waals surface area contributed by atoms with Gasteiger partial charge in [0.05, 0.1) is 6.61 Å². The van der Waals surface area contributed by atoms with Crippen molar-refractivity contribution in [3.05, 3.63) is 69.2 Å². The third-order valence-corrected chi connectivity index (χ3v) is 6.72. The topological polar surface area (TPSA) is 90.2 Å². The summed E-state index contributed by atoms with van der Waals surface area (Å²) in [6, 6.07) is 12.3. The quantitative estimate of drug-likeness (QED) is 0.563. The van der Waals surface area contributed by atoms with Crippen LogP contribution in [0.25, 0.3) is 0 Å². The molecule has 1 aliphatic carbocycles. The Hall–Kier alpha value is -1.47. The van der Waals surface area contributed by atoms with E-state index in [-0.39, 0.29) is 0 Å². The molecule has 2 fully saturated rings. The largest absolute Gasteiger partial charge is 0.394 e. The number of hydrogen-bond donors (Lipinski definition) is 4. The van der Waals surface area contributed by atoms with Crippen molar-refractivity contribution in [3.8, 4) is 0 Å². The van der Waals surface area contributed by atoms with Gasteiger partial charge in [0.1, 0.15) is 30.5 Å². The molecule has 0 spiro atoms. The summed E-state index contributed by atoms with van der Waals surface area (Å²) < 4.78 is 5.79. The highest BCUT2D eigenvalue weighted by Crippen LogP contribution is 2.46. The van der Waals surface area contributed by atoms with Crippen LogP contribution in [-0.4, -0.2) is 51.4 Å². The van der Waals surface area contributed by atoms with Crippen molar-refractivity contribution < 1.29 is 25.2 Å². The van der Waals surface area contributed by atoms with Gasteiger partial charge in [-0.15, -0.1) is 0 Å². The van der Waals surface area contributed by atoms with E-state index in [0.29, 0.717) is 17.9 Å². The van der Waals surface area contributed by atoms with E-state index in [9.17, 15) is 20.4 Å². The molecule has 4 N–H and O–H groups in total. The molecule has 0 unspecified atom stereocenters. The van der Waals surface area contributed by atoms with Crippen LogP contribution in [0.15, 0.2) is 36.4 Å². The molecule has 0 bridgehead atoms. The lowest BCUT2D eigenvalue weighted by molar-refractivity contribution is -0.231. The highest BCUT2D eigenvalue weighted by atomic mass is 35.5. The molecule has 1 aliphatic heterocycles. The number of aliphatic hydroxyl groups is 4. The predicted molar refractivity (Wildman–Crippen MR) is 115 cm³/mol. The summed E-state index contributed by atoms with van der Waals surface area (Å²) in [5.74, 6) is 0.392. The molecule has 5 nitrogen and oxygen atoms in total. The molecule has 2 aliphatic rings. The van der Waals surface area contributed by atoms with Crippen molar-refractivity contribution in [2.45, 2.75) is 69.0 Å². The average molecular weight is 433 g/mol. The van der Waals surface area contributed by atoms with Gasteiger partial charge < -0.3 is 25.2 Å². The number of benzene rings is 2. The van der Waals surface area contributed by atoms with E-state index in [1.54, 1.807) is 0 Å². The smallest absolute Gasteiger partial charge is 0.113 e. The van der Waals surface area contributed by atoms with Crippen LogP contribution < -0.4 is 0 Å². The molecule has 2 aromatic carbocycles. The minimum absolute atomic E-state index is 0.392. The lowest BCUT2D eigenvalue weighted by Gasteiger charge is -2.40. The highest BCUT2D eigenvalue weighted by molar-refractivity contribution is 6.32. The van der Waals surface area contributed by atoms with Crippen molar-refractivity contribution in [3.63, 3.8) is 0 Å². The molecule has 5 atom stereocenters. The summed E-state index contributed by atoms with van der Waals surface area (Å²) in [4.78, 5) is 0. The molecule has 1 saturated carbocycles. The van der Waals surface area contributed by atoms with Gasteiger partial charge in [-0.1, -0.05) is 54.9 Å². The summed E-state index contributed by atoms with van der Waals surface area (Å²) in [6.07, 6.45) is -2.07. The third-order valence-electron chi connectivity index (χ3n) is 6.26. The Morgan fingerprint density at radius 1 is 0.967 bits per heavy atom. The monoisotopic (exact) mass is 432 g/mol. The average Bonchev–Trinajstić information content (AvgIpc) is 3.60. The van der Waals surface area contributed by atoms with Gasteiger partial charge in [-0.3, -0.25) is 0 Å². The van der Waals surface area contributed by atoms with Gasteiger partial charge in [-0.2, -0.15) is 0 Å². The van der Waals surface area contributed by atoms with Crippen molar-refractivity contribution in [1.29, 1.82) is 0 Å². The Morgan fingerprint density at radius 2 is 1.63 bits per heavy atom. The zero-order valence-corrected chi connectivity index (χ0v) is 17.8. The summed E-state index contributed by atoms with van der Waals surface area (Å²) in [5.41, 5.74) is 5.10. The van der Waals surface area contributed by atoms with E-state index in [0.717, 1.165) is 41.0 Å². The van der Waals surface area contributed by atoms with Gasteiger partial charge in [-0.25, -0.2) is 0 Å². The van der Waals surface area contributed by atoms with E-state index in [1.165, 1.54) is 5.56 Å². The van der Waals surface area contributed by atoms with E-state index in [1.807, 2.05) is 12.1 Å². The first-order chi connectivity index (χ1) is 14.4. The Balaban J connectivity index is 1.69. The van der Waals surface area contributed by atoms with Gasteiger partial charge in [0.2, 0.25) is 0 Å². The standard InChI is InChI=1S/C24H29ClO5/c1-2-13-3-5-14(6-4-13)9-16-10-17(11-18(20(16)25)15-7-8-15)24-23(29)22(28)21(27)19(12-26)30-24/h3-6,10-11,15,19,21-24,26-29H,2,7-9,12H2,1H3/t19-,21-,22+,23-,24+/m1/s1. The zero-order valence-electron chi connectivity index (χ0n) is 17.0. The van der Waals surface area contributed by atoms with Crippen LogP contribution in [0.3, 0.4) is 0 Å². The first-order valence-electron chi connectivity index (χ1n) is 10.6. The summed E-state index contributed by atoms with van der Waals surface area (Å²) in [6.45, 7) is 1.68. The molecule has 0 aromatic heterocycles. The van der Waals surface area contributed by atoms with Crippen LogP contribution in [-0.2, 0) is 17.6 Å². The van der Waals surface area contributed by atoms with Crippen LogP contribution in [0, 0.1) is 0 Å². The van der Waals surface area contributed by atoms with Crippen molar-refractivity contribution in [2.24, 2.45) is 0 Å². The van der Waals surface area contributed by atoms with Crippen LogP contribution in [0.5, 0.6) is 0 Å². The number of aliphatic hydroxyl groups excluding tert-OH is 4. The first-order valence-corrected chi connectivity index (χ1v) is 11.0. The van der Waals surface area contributed by atoms with Crippen LogP contribution >= 0.6 is 11.6 Å². The molecular formula is C24H29ClO5. The number of ether oxygens (including phenoxy) is 1. The molecular weight excluding hydrogens is 404 g/mol. The maximum Gasteiger partial charge on any atom is 0.113 e. The molecule has 6 heteroatoms. The van der Waals surface area contributed by atoms with Gasteiger partial charge >= 0.3 is 0 Å². The zero-order chi connectivity index (χ0) is 21.4. The fourth-order valence-electron chi connectivity index (χ4n) is 4.21. The third kappa shape index (κ3) is 4.28. The number of rotatable bonds is 6. The second-order valence-corrected chi connectivity index (χ2v) is 8.83. The molecule has 162 valence electrons. The normalized spacial score (nSPS) is 29.2. The lowest BCUT2D eigenvalue weighted by atomic mass is 9.88. The first kappa shape index (κ1) is 21.8. The van der Waals surface area contributed by atoms with Crippen LogP contribution in [0.4, 0.5) is 0 Å². The van der Waals surface area contributed by atoms with Crippen LogP contribution in [0.1, 0.15) is 59.6 Å². The molecule has 0 amide bonds. The van der Waals surface area contributed by atoms with E-state index >= 15 is 0 Å². The second kappa shape index (κ2) is 8.95. The van der Waals surface area contributed by atoms with Gasteiger partial charge in [0.25, 0.3) is 0 Å². The molecule has 30 heavy (non-hydrogen) atoms. The van der Waals surface area contributed by atoms with E-state index < -0.39 is 37.1 Å². The van der Waals surface area contributed by atoms with Crippen molar-refractivity contribution in [1.82, 2.24) is 0 Å². The Morgan fingerprint density at radius 3 is 2.23 bits per heavy atom. The molecule has 4 rings (SSSR count). The summed E-state index contributed by atoms with van der Waals surface area (Å²) in [7, 11) is 0. The Bertz CT molecular complexity index is 878.